The molecule has 2 nitrogen and oxygen atoms in total. The molecule has 4 aromatic carbocycles. The van der Waals surface area contributed by atoms with Crippen molar-refractivity contribution in [2.45, 2.75) is 38.6 Å². The number of hydrogen-bond acceptors (Lipinski definition) is 0. The number of rotatable bonds is 3. The van der Waals surface area contributed by atoms with Gasteiger partial charge in [-0.2, -0.15) is 4.57 Å². The van der Waals surface area contributed by atoms with Crippen LogP contribution in [0.3, 0.4) is 0 Å². The van der Waals surface area contributed by atoms with Crippen LogP contribution < -0.4 is 4.57 Å². The summed E-state index contributed by atoms with van der Waals surface area (Å²) in [6.07, 6.45) is 5.27. The number of hydrogen-bond donors (Lipinski definition) is 0. The molecule has 0 amide bonds. The first-order valence-corrected chi connectivity index (χ1v) is 14.1. The maximum absolute atomic E-state index is 4.67. The molecule has 3 heterocycles. The van der Waals surface area contributed by atoms with Crippen LogP contribution in [0, 0.1) is 0 Å². The van der Waals surface area contributed by atoms with E-state index >= 15 is 0 Å². The Morgan fingerprint density at radius 1 is 0.692 bits per heavy atom. The summed E-state index contributed by atoms with van der Waals surface area (Å²) in [6.45, 7) is 9.24. The van der Waals surface area contributed by atoms with E-state index in [2.05, 4.69) is 133 Å². The summed E-state index contributed by atoms with van der Waals surface area (Å²) >= 11 is 0. The SMILES string of the molecule is C=C1c2ccc(-n3c4ccccc4c4cc5c(cc43)Cc3ccccc3-5)cc2-c2cccc[n+]2C1(CC)CC. The summed E-state index contributed by atoms with van der Waals surface area (Å²) in [5, 5.41) is 2.61. The van der Waals surface area contributed by atoms with Crippen LogP contribution >= 0.6 is 0 Å². The Labute approximate surface area is 229 Å². The van der Waals surface area contributed by atoms with E-state index in [9.17, 15) is 0 Å². The van der Waals surface area contributed by atoms with Gasteiger partial charge in [0.1, 0.15) is 0 Å². The molecule has 8 rings (SSSR count). The molecule has 0 radical (unpaired) electrons. The zero-order valence-electron chi connectivity index (χ0n) is 22.5. The molecular weight excluding hydrogens is 472 g/mol. The number of pyridine rings is 1. The quantitative estimate of drug-likeness (QED) is 0.213. The van der Waals surface area contributed by atoms with Gasteiger partial charge in [0.2, 0.25) is 5.69 Å². The van der Waals surface area contributed by atoms with E-state index in [0.29, 0.717) is 0 Å². The van der Waals surface area contributed by atoms with Gasteiger partial charge in [-0.3, -0.25) is 0 Å². The van der Waals surface area contributed by atoms with Crippen LogP contribution in [0.2, 0.25) is 0 Å². The monoisotopic (exact) mass is 503 g/mol. The maximum atomic E-state index is 4.67. The van der Waals surface area contributed by atoms with Crippen molar-refractivity contribution in [3.8, 4) is 28.1 Å². The van der Waals surface area contributed by atoms with Crippen molar-refractivity contribution in [3.05, 3.63) is 127 Å². The molecule has 188 valence electrons. The highest BCUT2D eigenvalue weighted by atomic mass is 15.1. The zero-order valence-corrected chi connectivity index (χ0v) is 22.5. The number of benzene rings is 4. The molecule has 0 saturated carbocycles. The van der Waals surface area contributed by atoms with Crippen molar-refractivity contribution < 1.29 is 4.57 Å². The number of allylic oxidation sites excluding steroid dienone is 1. The number of aromatic nitrogens is 2. The van der Waals surface area contributed by atoms with Gasteiger partial charge in [0.15, 0.2) is 11.7 Å². The van der Waals surface area contributed by atoms with Crippen LogP contribution in [0.4, 0.5) is 0 Å². The van der Waals surface area contributed by atoms with Crippen LogP contribution in [0.1, 0.15) is 43.4 Å². The molecule has 2 heteroatoms. The third kappa shape index (κ3) is 2.89. The highest BCUT2D eigenvalue weighted by Gasteiger charge is 2.46. The fourth-order valence-electron chi connectivity index (χ4n) is 7.47. The van der Waals surface area contributed by atoms with Gasteiger partial charge in [-0.15, -0.1) is 0 Å². The summed E-state index contributed by atoms with van der Waals surface area (Å²) in [7, 11) is 0. The first-order valence-electron chi connectivity index (χ1n) is 14.1. The summed E-state index contributed by atoms with van der Waals surface area (Å²) in [4.78, 5) is 0. The summed E-state index contributed by atoms with van der Waals surface area (Å²) in [5.74, 6) is 0. The second-order valence-corrected chi connectivity index (χ2v) is 11.1. The summed E-state index contributed by atoms with van der Waals surface area (Å²) in [5.41, 5.74) is 14.2. The van der Waals surface area contributed by atoms with E-state index < -0.39 is 0 Å². The van der Waals surface area contributed by atoms with Crippen molar-refractivity contribution in [2.24, 2.45) is 0 Å². The first-order chi connectivity index (χ1) is 19.1. The molecule has 0 bridgehead atoms. The van der Waals surface area contributed by atoms with Crippen LogP contribution in [0.25, 0.3) is 55.5 Å². The van der Waals surface area contributed by atoms with E-state index in [1.165, 1.54) is 72.1 Å². The van der Waals surface area contributed by atoms with Gasteiger partial charge < -0.3 is 4.57 Å². The van der Waals surface area contributed by atoms with Crippen molar-refractivity contribution in [2.75, 3.05) is 0 Å². The van der Waals surface area contributed by atoms with Crippen LogP contribution in [-0.4, -0.2) is 4.57 Å². The Morgan fingerprint density at radius 2 is 1.49 bits per heavy atom. The third-order valence-electron chi connectivity index (χ3n) is 9.50. The molecule has 0 unspecified atom stereocenters. The molecule has 2 aliphatic rings. The number of fused-ring (bicyclic) bond motifs is 9. The van der Waals surface area contributed by atoms with Crippen molar-refractivity contribution in [1.82, 2.24) is 4.57 Å². The largest absolute Gasteiger partial charge is 0.309 e. The summed E-state index contributed by atoms with van der Waals surface area (Å²) < 4.78 is 4.93. The minimum atomic E-state index is -0.0898. The van der Waals surface area contributed by atoms with Gasteiger partial charge in [-0.1, -0.05) is 69.0 Å². The molecule has 1 aliphatic heterocycles. The Bertz CT molecular complexity index is 1980. The molecule has 0 N–H and O–H groups in total. The Kier molecular flexibility index (Phi) is 4.65. The van der Waals surface area contributed by atoms with Gasteiger partial charge >= 0.3 is 0 Å². The molecule has 39 heavy (non-hydrogen) atoms. The topological polar surface area (TPSA) is 8.81 Å². The lowest BCUT2D eigenvalue weighted by molar-refractivity contribution is -0.741. The fraction of sp³-hybridized carbons (Fsp3) is 0.162. The minimum Gasteiger partial charge on any atom is -0.309 e. The van der Waals surface area contributed by atoms with Crippen molar-refractivity contribution >= 4 is 27.4 Å². The molecule has 2 aromatic heterocycles. The molecule has 0 atom stereocenters. The fourth-order valence-corrected chi connectivity index (χ4v) is 7.47. The second kappa shape index (κ2) is 8.04. The second-order valence-electron chi connectivity index (χ2n) is 11.1. The van der Waals surface area contributed by atoms with E-state index in [0.717, 1.165) is 19.3 Å². The van der Waals surface area contributed by atoms with Gasteiger partial charge in [0.05, 0.1) is 16.6 Å². The van der Waals surface area contributed by atoms with Gasteiger partial charge in [-0.05, 0) is 70.6 Å². The molecule has 6 aromatic rings. The smallest absolute Gasteiger partial charge is 0.213 e. The van der Waals surface area contributed by atoms with E-state index in [1.807, 2.05) is 0 Å². The van der Waals surface area contributed by atoms with Gasteiger partial charge in [0, 0.05) is 47.0 Å². The molecule has 1 aliphatic carbocycles. The maximum Gasteiger partial charge on any atom is 0.213 e. The molecule has 0 spiro atoms. The van der Waals surface area contributed by atoms with Crippen molar-refractivity contribution in [3.63, 3.8) is 0 Å². The molecular formula is C37H31N2+. The first kappa shape index (κ1) is 22.5. The highest BCUT2D eigenvalue weighted by molar-refractivity contribution is 6.11. The highest BCUT2D eigenvalue weighted by Crippen LogP contribution is 2.46. The lowest BCUT2D eigenvalue weighted by Gasteiger charge is -2.35. The normalized spacial score (nSPS) is 14.8. The average molecular weight is 504 g/mol. The Balaban J connectivity index is 1.40. The van der Waals surface area contributed by atoms with Crippen LogP contribution in [0.15, 0.2) is 110 Å². The van der Waals surface area contributed by atoms with Crippen LogP contribution in [-0.2, 0) is 12.0 Å². The van der Waals surface area contributed by atoms with E-state index in [-0.39, 0.29) is 5.54 Å². The van der Waals surface area contributed by atoms with Crippen molar-refractivity contribution in [1.29, 1.82) is 0 Å². The minimum absolute atomic E-state index is 0.0898. The van der Waals surface area contributed by atoms with Gasteiger partial charge in [0.25, 0.3) is 0 Å². The molecule has 0 saturated heterocycles. The number of para-hydroxylation sites is 1. The van der Waals surface area contributed by atoms with Crippen LogP contribution in [0.5, 0.6) is 0 Å². The summed E-state index contributed by atoms with van der Waals surface area (Å²) in [6, 6.07) is 36.1. The number of nitrogens with zero attached hydrogens (tertiary/aromatic N) is 2. The Hall–Kier alpha value is -4.43. The lowest BCUT2D eigenvalue weighted by Crippen LogP contribution is -2.59. The average Bonchev–Trinajstić information content (AvgIpc) is 3.51. The van der Waals surface area contributed by atoms with E-state index in [4.69, 9.17) is 0 Å². The molecule has 0 fully saturated rings. The van der Waals surface area contributed by atoms with E-state index in [1.54, 1.807) is 0 Å². The van der Waals surface area contributed by atoms with Gasteiger partial charge in [-0.25, -0.2) is 0 Å². The Morgan fingerprint density at radius 3 is 2.36 bits per heavy atom. The zero-order chi connectivity index (χ0) is 26.3. The standard InChI is InChI=1S/C37H31N2/c1-4-37(5-2)24(3)28-18-17-27(22-32(28)34-15-10-11-19-38(34)37)39-35-16-9-8-14-30(35)33-23-31-26(21-36(33)39)20-25-12-6-7-13-29(25)31/h6-19,21-23H,3-5,20H2,1-2H3/q+1. The predicted molar refractivity (Wildman–Crippen MR) is 162 cm³/mol. The third-order valence-corrected chi connectivity index (χ3v) is 9.50. The predicted octanol–water partition coefficient (Wildman–Crippen LogP) is 8.85. The lowest BCUT2D eigenvalue weighted by atomic mass is 9.75.